The van der Waals surface area contributed by atoms with Crippen molar-refractivity contribution in [3.8, 4) is 11.5 Å². The van der Waals surface area contributed by atoms with Crippen LogP contribution in [-0.2, 0) is 0 Å². The Morgan fingerprint density at radius 1 is 0.484 bits per heavy atom. The molecule has 4 nitrogen and oxygen atoms in total. The van der Waals surface area contributed by atoms with Crippen molar-refractivity contribution in [1.82, 2.24) is 0 Å². The third kappa shape index (κ3) is 5.06. The number of nitrogens with zero attached hydrogens (tertiary/aromatic N) is 2. The molecule has 0 bridgehead atoms. The molecule has 0 fully saturated rings. The standard InChI is InChI=1S/C27H22N2O2/c30-26-17-9-7-15-22(26)24(28-20-11-3-1-4-12-20)19-25(23-16-8-10-18-27(23)31)29-21-13-5-2-6-14-21/h1-18,30-31H,19H2. The van der Waals surface area contributed by atoms with Gasteiger partial charge in [0, 0.05) is 17.5 Å². The fourth-order valence-corrected chi connectivity index (χ4v) is 3.30. The number of para-hydroxylation sites is 4. The summed E-state index contributed by atoms with van der Waals surface area (Å²) in [4.78, 5) is 9.64. The van der Waals surface area contributed by atoms with Gasteiger partial charge in [-0.05, 0) is 48.5 Å². The second-order valence-electron chi connectivity index (χ2n) is 7.00. The van der Waals surface area contributed by atoms with Crippen LogP contribution in [0.25, 0.3) is 0 Å². The van der Waals surface area contributed by atoms with Crippen LogP contribution >= 0.6 is 0 Å². The number of phenols is 2. The highest BCUT2D eigenvalue weighted by molar-refractivity contribution is 6.20. The van der Waals surface area contributed by atoms with Crippen molar-refractivity contribution in [2.24, 2.45) is 9.98 Å². The fraction of sp³-hybridized carbons (Fsp3) is 0.0370. The zero-order valence-corrected chi connectivity index (χ0v) is 16.9. The van der Waals surface area contributed by atoms with E-state index in [1.165, 1.54) is 0 Å². The van der Waals surface area contributed by atoms with E-state index in [0.29, 0.717) is 29.0 Å². The fourth-order valence-electron chi connectivity index (χ4n) is 3.30. The van der Waals surface area contributed by atoms with Crippen LogP contribution in [0.15, 0.2) is 119 Å². The number of aromatic hydroxyl groups is 2. The van der Waals surface area contributed by atoms with Gasteiger partial charge in [0.1, 0.15) is 11.5 Å². The van der Waals surface area contributed by atoms with Gasteiger partial charge in [0.05, 0.1) is 22.8 Å². The monoisotopic (exact) mass is 406 g/mol. The third-order valence-corrected chi connectivity index (χ3v) is 4.81. The Labute approximate surface area is 181 Å². The minimum Gasteiger partial charge on any atom is -0.507 e. The zero-order valence-electron chi connectivity index (χ0n) is 16.9. The van der Waals surface area contributed by atoms with E-state index in [-0.39, 0.29) is 11.5 Å². The smallest absolute Gasteiger partial charge is 0.124 e. The molecule has 0 aliphatic carbocycles. The summed E-state index contributed by atoms with van der Waals surface area (Å²) < 4.78 is 0. The lowest BCUT2D eigenvalue weighted by molar-refractivity contribution is 0.474. The minimum absolute atomic E-state index is 0.147. The van der Waals surface area contributed by atoms with Crippen molar-refractivity contribution >= 4 is 22.8 Å². The Morgan fingerprint density at radius 3 is 1.23 bits per heavy atom. The number of hydrogen-bond donors (Lipinski definition) is 2. The molecule has 0 amide bonds. The van der Waals surface area contributed by atoms with Gasteiger partial charge in [0.25, 0.3) is 0 Å². The van der Waals surface area contributed by atoms with Crippen LogP contribution in [-0.4, -0.2) is 21.6 Å². The van der Waals surface area contributed by atoms with Gasteiger partial charge >= 0.3 is 0 Å². The largest absolute Gasteiger partial charge is 0.507 e. The summed E-state index contributed by atoms with van der Waals surface area (Å²) in [5.74, 6) is 0.294. The second-order valence-corrected chi connectivity index (χ2v) is 7.00. The number of benzene rings is 4. The molecule has 0 heterocycles. The van der Waals surface area contributed by atoms with E-state index in [4.69, 9.17) is 9.98 Å². The predicted octanol–water partition coefficient (Wildman–Crippen LogP) is 6.43. The summed E-state index contributed by atoms with van der Waals surface area (Å²) in [6.07, 6.45) is 0.318. The van der Waals surface area contributed by atoms with Crippen molar-refractivity contribution in [3.63, 3.8) is 0 Å². The molecule has 0 aromatic heterocycles. The van der Waals surface area contributed by atoms with Crippen molar-refractivity contribution < 1.29 is 10.2 Å². The van der Waals surface area contributed by atoms with Crippen LogP contribution in [0.1, 0.15) is 17.5 Å². The van der Waals surface area contributed by atoms with Crippen molar-refractivity contribution in [2.75, 3.05) is 0 Å². The molecular formula is C27H22N2O2. The van der Waals surface area contributed by atoms with Gasteiger partial charge in [-0.15, -0.1) is 0 Å². The van der Waals surface area contributed by atoms with Gasteiger partial charge in [0.15, 0.2) is 0 Å². The van der Waals surface area contributed by atoms with Gasteiger partial charge in [-0.1, -0.05) is 60.7 Å². The molecule has 0 radical (unpaired) electrons. The first kappa shape index (κ1) is 20.1. The lowest BCUT2D eigenvalue weighted by Gasteiger charge is -2.13. The van der Waals surface area contributed by atoms with Gasteiger partial charge in [-0.3, -0.25) is 9.98 Å². The molecule has 152 valence electrons. The molecule has 0 aliphatic heterocycles. The molecule has 4 aromatic carbocycles. The summed E-state index contributed by atoms with van der Waals surface area (Å²) in [5.41, 5.74) is 4.11. The molecule has 0 aliphatic rings. The molecule has 0 spiro atoms. The van der Waals surface area contributed by atoms with Crippen LogP contribution in [0.5, 0.6) is 11.5 Å². The Hall–Kier alpha value is -4.18. The summed E-state index contributed by atoms with van der Waals surface area (Å²) in [5, 5.41) is 21.0. The van der Waals surface area contributed by atoms with E-state index >= 15 is 0 Å². The average Bonchev–Trinajstić information content (AvgIpc) is 2.80. The first-order chi connectivity index (χ1) is 15.2. The van der Waals surface area contributed by atoms with E-state index in [0.717, 1.165) is 11.4 Å². The van der Waals surface area contributed by atoms with Crippen molar-refractivity contribution in [1.29, 1.82) is 0 Å². The molecule has 0 atom stereocenters. The van der Waals surface area contributed by atoms with E-state index < -0.39 is 0 Å². The van der Waals surface area contributed by atoms with Crippen molar-refractivity contribution in [3.05, 3.63) is 120 Å². The van der Waals surface area contributed by atoms with Gasteiger partial charge in [0.2, 0.25) is 0 Å². The van der Waals surface area contributed by atoms with E-state index in [1.807, 2.05) is 84.9 Å². The highest BCUT2D eigenvalue weighted by Gasteiger charge is 2.16. The van der Waals surface area contributed by atoms with Crippen LogP contribution in [0.3, 0.4) is 0 Å². The maximum atomic E-state index is 10.5. The summed E-state index contributed by atoms with van der Waals surface area (Å²) in [6, 6.07) is 33.4. The Kier molecular flexibility index (Phi) is 6.19. The average molecular weight is 406 g/mol. The molecule has 0 saturated heterocycles. The molecule has 31 heavy (non-hydrogen) atoms. The Morgan fingerprint density at radius 2 is 0.839 bits per heavy atom. The molecule has 0 unspecified atom stereocenters. The maximum Gasteiger partial charge on any atom is 0.124 e. The molecule has 4 heteroatoms. The third-order valence-electron chi connectivity index (χ3n) is 4.81. The number of rotatable bonds is 6. The molecular weight excluding hydrogens is 384 g/mol. The lowest BCUT2D eigenvalue weighted by Crippen LogP contribution is -2.11. The molecule has 4 aromatic rings. The first-order valence-corrected chi connectivity index (χ1v) is 10.0. The second kappa shape index (κ2) is 9.55. The van der Waals surface area contributed by atoms with Crippen LogP contribution in [0, 0.1) is 0 Å². The highest BCUT2D eigenvalue weighted by Crippen LogP contribution is 2.27. The maximum absolute atomic E-state index is 10.5. The van der Waals surface area contributed by atoms with E-state index in [1.54, 1.807) is 24.3 Å². The van der Waals surface area contributed by atoms with Crippen molar-refractivity contribution in [2.45, 2.75) is 6.42 Å². The lowest BCUT2D eigenvalue weighted by atomic mass is 9.98. The predicted molar refractivity (Wildman–Crippen MR) is 126 cm³/mol. The van der Waals surface area contributed by atoms with Crippen LogP contribution in [0.4, 0.5) is 11.4 Å². The molecule has 4 rings (SSSR count). The molecule has 0 saturated carbocycles. The van der Waals surface area contributed by atoms with E-state index in [2.05, 4.69) is 0 Å². The number of aliphatic imine (C=N–C) groups is 2. The van der Waals surface area contributed by atoms with Crippen LogP contribution < -0.4 is 0 Å². The van der Waals surface area contributed by atoms with Gasteiger partial charge in [-0.25, -0.2) is 0 Å². The Bertz CT molecular complexity index is 1120. The van der Waals surface area contributed by atoms with Gasteiger partial charge in [-0.2, -0.15) is 0 Å². The number of phenolic OH excluding ortho intramolecular Hbond substituents is 2. The first-order valence-electron chi connectivity index (χ1n) is 10.0. The summed E-state index contributed by atoms with van der Waals surface area (Å²) >= 11 is 0. The summed E-state index contributed by atoms with van der Waals surface area (Å²) in [6.45, 7) is 0. The zero-order chi connectivity index (χ0) is 21.5. The minimum atomic E-state index is 0.147. The van der Waals surface area contributed by atoms with Crippen LogP contribution in [0.2, 0.25) is 0 Å². The van der Waals surface area contributed by atoms with Gasteiger partial charge < -0.3 is 10.2 Å². The highest BCUT2D eigenvalue weighted by atomic mass is 16.3. The quantitative estimate of drug-likeness (QED) is 0.362. The Balaban J connectivity index is 1.85. The normalized spacial score (nSPS) is 12.0. The number of hydrogen-bond acceptors (Lipinski definition) is 4. The SMILES string of the molecule is Oc1ccccc1C(CC(=Nc1ccccc1)c1ccccc1O)=Nc1ccccc1. The summed E-state index contributed by atoms with van der Waals surface area (Å²) in [7, 11) is 0. The van der Waals surface area contributed by atoms with E-state index in [9.17, 15) is 10.2 Å². The molecule has 2 N–H and O–H groups in total. The topological polar surface area (TPSA) is 65.2 Å².